The number of rotatable bonds is 7. The van der Waals surface area contributed by atoms with Crippen LogP contribution in [0.25, 0.3) is 5.69 Å². The van der Waals surface area contributed by atoms with Crippen LogP contribution in [-0.2, 0) is 6.54 Å². The predicted octanol–water partition coefficient (Wildman–Crippen LogP) is -0.681. The number of thioether (sulfide) groups is 1. The highest BCUT2D eigenvalue weighted by Gasteiger charge is 2.11. The number of para-hydroxylation sites is 1. The van der Waals surface area contributed by atoms with Gasteiger partial charge >= 0.3 is 0 Å². The summed E-state index contributed by atoms with van der Waals surface area (Å²) < 4.78 is 12.9. The second-order valence-corrected chi connectivity index (χ2v) is 6.77. The van der Waals surface area contributed by atoms with E-state index in [1.807, 2.05) is 42.5 Å². The quantitative estimate of drug-likeness (QED) is 0.413. The van der Waals surface area contributed by atoms with Crippen molar-refractivity contribution in [3.05, 3.63) is 54.1 Å². The number of nitrogens with zero attached hydrogens (tertiary/aromatic N) is 4. The van der Waals surface area contributed by atoms with Gasteiger partial charge in [-0.2, -0.15) is 4.68 Å². The van der Waals surface area contributed by atoms with Crippen molar-refractivity contribution in [2.75, 3.05) is 25.5 Å². The first kappa shape index (κ1) is 19.5. The first-order valence-electron chi connectivity index (χ1n) is 8.46. The van der Waals surface area contributed by atoms with Crippen molar-refractivity contribution < 1.29 is 21.9 Å². The number of fused-ring (bicyclic) bond motifs is 1. The lowest BCUT2D eigenvalue weighted by atomic mass is 10.2. The van der Waals surface area contributed by atoms with E-state index in [4.69, 9.17) is 9.47 Å². The maximum Gasteiger partial charge on any atom is 0.214 e. The molecule has 0 spiro atoms. The van der Waals surface area contributed by atoms with E-state index in [2.05, 4.69) is 26.9 Å². The van der Waals surface area contributed by atoms with Crippen LogP contribution in [0.2, 0.25) is 0 Å². The molecule has 0 bridgehead atoms. The molecule has 0 radical (unpaired) electrons. The Labute approximate surface area is 167 Å². The normalized spacial score (nSPS) is 12.4. The summed E-state index contributed by atoms with van der Waals surface area (Å²) in [5, 5.41) is 16.2. The van der Waals surface area contributed by atoms with Gasteiger partial charge in [-0.15, -0.1) is 5.10 Å². The van der Waals surface area contributed by atoms with Gasteiger partial charge < -0.3 is 27.2 Å². The average Bonchev–Trinajstić information content (AvgIpc) is 3.17. The largest absolute Gasteiger partial charge is 1.00 e. The van der Waals surface area contributed by atoms with Crippen molar-refractivity contribution >= 4 is 11.8 Å². The number of hydrogen-bond acceptors (Lipinski definition) is 7. The maximum absolute atomic E-state index is 5.61. The minimum atomic E-state index is 0. The number of nitrogens with one attached hydrogen (secondary N) is 1. The zero-order valence-corrected chi connectivity index (χ0v) is 16.1. The van der Waals surface area contributed by atoms with Crippen LogP contribution in [0.5, 0.6) is 11.5 Å². The third-order valence-electron chi connectivity index (χ3n) is 3.89. The molecule has 0 atom stereocenters. The molecule has 0 saturated carbocycles. The number of benzene rings is 2. The molecule has 1 N–H and O–H groups in total. The van der Waals surface area contributed by atoms with E-state index in [9.17, 15) is 0 Å². The van der Waals surface area contributed by atoms with E-state index < -0.39 is 0 Å². The van der Waals surface area contributed by atoms with Crippen molar-refractivity contribution in [2.24, 2.45) is 0 Å². The maximum atomic E-state index is 5.61. The van der Waals surface area contributed by atoms with Crippen molar-refractivity contribution in [3.8, 4) is 17.2 Å². The van der Waals surface area contributed by atoms with E-state index in [-0.39, 0.29) is 12.4 Å². The standard InChI is InChI=1S/C18H19N5O2S.ClH/c1-2-4-15(5-3-1)23-18(20-21-22-23)26-11-8-19-13-14-6-7-16-17(12-14)25-10-9-24-16;/h1-7,12,19H,8-11,13H2;1H/p-1. The minimum absolute atomic E-state index is 0. The molecular weight excluding hydrogens is 386 g/mol. The molecule has 3 aromatic rings. The number of hydrogen-bond donors (Lipinski definition) is 1. The molecule has 1 aliphatic rings. The Morgan fingerprint density at radius 3 is 2.70 bits per heavy atom. The summed E-state index contributed by atoms with van der Waals surface area (Å²) in [5.41, 5.74) is 2.14. The number of aromatic nitrogens is 4. The molecule has 0 aliphatic carbocycles. The minimum Gasteiger partial charge on any atom is -1.00 e. The van der Waals surface area contributed by atoms with E-state index >= 15 is 0 Å². The Hall–Kier alpha value is -2.29. The summed E-state index contributed by atoms with van der Waals surface area (Å²) in [6, 6.07) is 16.0. The van der Waals surface area contributed by atoms with Crippen molar-refractivity contribution in [3.63, 3.8) is 0 Å². The Bertz CT molecular complexity index is 862. The fraction of sp³-hybridized carbons (Fsp3) is 0.278. The zero-order valence-electron chi connectivity index (χ0n) is 14.5. The summed E-state index contributed by atoms with van der Waals surface area (Å²) in [5.74, 6) is 2.52. The van der Waals surface area contributed by atoms with Gasteiger partial charge in [-0.25, -0.2) is 0 Å². The number of ether oxygens (including phenoxy) is 2. The first-order chi connectivity index (χ1) is 12.9. The topological polar surface area (TPSA) is 74.1 Å². The SMILES string of the molecule is [Cl-].c1ccc(-n2nnnc2SCCNCc2ccc3c(c2)OCCO3)cc1. The molecule has 7 nitrogen and oxygen atoms in total. The van der Waals surface area contributed by atoms with Gasteiger partial charge in [-0.3, -0.25) is 0 Å². The molecule has 0 unspecified atom stereocenters. The Kier molecular flexibility index (Phi) is 6.92. The van der Waals surface area contributed by atoms with Gasteiger partial charge in [0.1, 0.15) is 13.2 Å². The summed E-state index contributed by atoms with van der Waals surface area (Å²) in [4.78, 5) is 0. The van der Waals surface area contributed by atoms with E-state index in [1.54, 1.807) is 16.4 Å². The molecule has 2 heterocycles. The molecule has 142 valence electrons. The van der Waals surface area contributed by atoms with Gasteiger partial charge in [0.25, 0.3) is 0 Å². The molecule has 9 heteroatoms. The van der Waals surface area contributed by atoms with Crippen molar-refractivity contribution in [1.29, 1.82) is 0 Å². The lowest BCUT2D eigenvalue weighted by Gasteiger charge is -2.18. The monoisotopic (exact) mass is 404 g/mol. The Morgan fingerprint density at radius 2 is 1.85 bits per heavy atom. The summed E-state index contributed by atoms with van der Waals surface area (Å²) in [6.45, 7) is 2.85. The molecule has 0 saturated heterocycles. The molecule has 0 amide bonds. The molecule has 27 heavy (non-hydrogen) atoms. The molecule has 4 rings (SSSR count). The van der Waals surface area contributed by atoms with Gasteiger partial charge in [-0.1, -0.05) is 36.0 Å². The molecular formula is C18H19ClN5O2S-. The second kappa shape index (κ2) is 9.59. The fourth-order valence-electron chi connectivity index (χ4n) is 2.65. The van der Waals surface area contributed by atoms with Crippen LogP contribution >= 0.6 is 11.8 Å². The van der Waals surface area contributed by atoms with Crippen molar-refractivity contribution in [1.82, 2.24) is 25.5 Å². The van der Waals surface area contributed by atoms with Crippen molar-refractivity contribution in [2.45, 2.75) is 11.7 Å². The van der Waals surface area contributed by atoms with Crippen LogP contribution in [0.4, 0.5) is 0 Å². The summed E-state index contributed by atoms with van der Waals surface area (Å²) in [7, 11) is 0. The highest BCUT2D eigenvalue weighted by atomic mass is 35.5. The van der Waals surface area contributed by atoms with Gasteiger partial charge in [-0.05, 0) is 40.3 Å². The highest BCUT2D eigenvalue weighted by molar-refractivity contribution is 7.99. The Morgan fingerprint density at radius 1 is 1.04 bits per heavy atom. The summed E-state index contributed by atoms with van der Waals surface area (Å²) >= 11 is 1.63. The van der Waals surface area contributed by atoms with Gasteiger partial charge in [0.05, 0.1) is 5.69 Å². The second-order valence-electron chi connectivity index (χ2n) is 5.71. The molecule has 0 fully saturated rings. The van der Waals surface area contributed by atoms with E-state index in [0.717, 1.165) is 41.2 Å². The predicted molar refractivity (Wildman–Crippen MR) is 99.0 cm³/mol. The number of halogens is 1. The molecule has 2 aromatic carbocycles. The van der Waals surface area contributed by atoms with Gasteiger partial charge in [0, 0.05) is 18.8 Å². The molecule has 1 aliphatic heterocycles. The van der Waals surface area contributed by atoms with Gasteiger partial charge in [0.15, 0.2) is 11.5 Å². The highest BCUT2D eigenvalue weighted by Crippen LogP contribution is 2.30. The fourth-order valence-corrected chi connectivity index (χ4v) is 3.43. The van der Waals surface area contributed by atoms with Gasteiger partial charge in [0.2, 0.25) is 5.16 Å². The number of tetrazole rings is 1. The van der Waals surface area contributed by atoms with E-state index in [0.29, 0.717) is 13.2 Å². The van der Waals surface area contributed by atoms with Crippen LogP contribution in [-0.4, -0.2) is 45.7 Å². The summed E-state index contributed by atoms with van der Waals surface area (Å²) in [6.07, 6.45) is 0. The lowest BCUT2D eigenvalue weighted by molar-refractivity contribution is -0.00000593. The average molecular weight is 405 g/mol. The van der Waals surface area contributed by atoms with Crippen LogP contribution in [0.15, 0.2) is 53.7 Å². The van der Waals surface area contributed by atoms with Crippen LogP contribution in [0, 0.1) is 0 Å². The zero-order chi connectivity index (χ0) is 17.6. The van der Waals surface area contributed by atoms with E-state index in [1.165, 1.54) is 5.56 Å². The smallest absolute Gasteiger partial charge is 0.214 e. The third kappa shape index (κ3) is 4.91. The molecule has 1 aromatic heterocycles. The third-order valence-corrected chi connectivity index (χ3v) is 4.81. The lowest BCUT2D eigenvalue weighted by Crippen LogP contribution is -3.00. The first-order valence-corrected chi connectivity index (χ1v) is 9.44. The van der Waals surface area contributed by atoms with Crippen LogP contribution < -0.4 is 27.2 Å². The Balaban J connectivity index is 0.00000210. The van der Waals surface area contributed by atoms with Crippen LogP contribution in [0.3, 0.4) is 0 Å². The van der Waals surface area contributed by atoms with Crippen LogP contribution in [0.1, 0.15) is 5.56 Å².